The van der Waals surface area contributed by atoms with Gasteiger partial charge in [0.2, 0.25) is 5.91 Å². The van der Waals surface area contributed by atoms with E-state index < -0.39 is 6.10 Å². The molecule has 0 radical (unpaired) electrons. The Balaban J connectivity index is 2.48. The molecule has 82 valence electrons. The minimum atomic E-state index is -0.528. The second kappa shape index (κ2) is 5.73. The van der Waals surface area contributed by atoms with E-state index in [9.17, 15) is 4.79 Å². The van der Waals surface area contributed by atoms with Crippen LogP contribution in [0, 0.1) is 0 Å². The Hall–Kier alpha value is -1.06. The van der Waals surface area contributed by atoms with E-state index in [0.29, 0.717) is 5.02 Å². The van der Waals surface area contributed by atoms with Gasteiger partial charge in [-0.1, -0.05) is 29.8 Å². The summed E-state index contributed by atoms with van der Waals surface area (Å²) in [7, 11) is 0. The van der Waals surface area contributed by atoms with Gasteiger partial charge in [0.1, 0.15) is 0 Å². The molecule has 1 aromatic rings. The third-order valence-corrected chi connectivity index (χ3v) is 2.27. The van der Waals surface area contributed by atoms with E-state index in [2.05, 4.69) is 5.32 Å². The largest absolute Gasteiger partial charge is 0.392 e. The topological polar surface area (TPSA) is 49.3 Å². The lowest BCUT2D eigenvalue weighted by atomic mass is 10.1. The highest BCUT2D eigenvalue weighted by molar-refractivity contribution is 6.31. The van der Waals surface area contributed by atoms with E-state index in [-0.39, 0.29) is 18.9 Å². The molecule has 0 heterocycles. The molecule has 1 amide bonds. The number of carbonyl (C=O) groups is 1. The van der Waals surface area contributed by atoms with Gasteiger partial charge < -0.3 is 10.4 Å². The van der Waals surface area contributed by atoms with E-state index in [1.807, 2.05) is 18.2 Å². The molecule has 0 bridgehead atoms. The zero-order valence-corrected chi connectivity index (χ0v) is 9.29. The van der Waals surface area contributed by atoms with Crippen LogP contribution < -0.4 is 5.32 Å². The molecule has 0 saturated heterocycles. The molecule has 0 aromatic heterocycles. The molecule has 0 aliphatic rings. The maximum absolute atomic E-state index is 11.4. The first-order chi connectivity index (χ1) is 7.09. The van der Waals surface area contributed by atoms with Gasteiger partial charge in [-0.3, -0.25) is 4.79 Å². The zero-order valence-electron chi connectivity index (χ0n) is 8.53. The molecule has 0 aliphatic heterocycles. The quantitative estimate of drug-likeness (QED) is 0.817. The number of aliphatic hydroxyl groups is 1. The number of nitrogens with one attached hydrogen (secondary N) is 1. The molecule has 0 unspecified atom stereocenters. The third-order valence-electron chi connectivity index (χ3n) is 1.90. The summed E-state index contributed by atoms with van der Waals surface area (Å²) >= 11 is 5.90. The summed E-state index contributed by atoms with van der Waals surface area (Å²) in [6, 6.07) is 7.21. The van der Waals surface area contributed by atoms with Crippen LogP contribution in [0.15, 0.2) is 24.3 Å². The molecule has 0 fully saturated rings. The van der Waals surface area contributed by atoms with E-state index in [1.54, 1.807) is 13.0 Å². The Bertz CT molecular complexity index is 339. The van der Waals surface area contributed by atoms with Gasteiger partial charge >= 0.3 is 0 Å². The lowest BCUT2D eigenvalue weighted by Gasteiger charge is -2.07. The van der Waals surface area contributed by atoms with Crippen molar-refractivity contribution in [2.45, 2.75) is 19.4 Å². The summed E-state index contributed by atoms with van der Waals surface area (Å²) in [5.74, 6) is -0.135. The van der Waals surface area contributed by atoms with Gasteiger partial charge in [0.25, 0.3) is 0 Å². The smallest absolute Gasteiger partial charge is 0.224 e. The lowest BCUT2D eigenvalue weighted by molar-refractivity contribution is -0.120. The standard InChI is InChI=1S/C11H14ClNO2/c1-8(14)7-13-11(15)6-9-4-2-3-5-10(9)12/h2-5,8,14H,6-7H2,1H3,(H,13,15)/t8-/m0/s1. The van der Waals surface area contributed by atoms with Gasteiger partial charge in [-0.05, 0) is 18.6 Å². The van der Waals surface area contributed by atoms with Crippen LogP contribution in [0.2, 0.25) is 5.02 Å². The fourth-order valence-corrected chi connectivity index (χ4v) is 1.34. The fourth-order valence-electron chi connectivity index (χ4n) is 1.14. The maximum atomic E-state index is 11.4. The van der Waals surface area contributed by atoms with Gasteiger partial charge in [-0.15, -0.1) is 0 Å². The SMILES string of the molecule is C[C@H](O)CNC(=O)Cc1ccccc1Cl. The normalized spacial score (nSPS) is 12.2. The average Bonchev–Trinajstić information content (AvgIpc) is 2.18. The molecular weight excluding hydrogens is 214 g/mol. The number of rotatable bonds is 4. The Morgan fingerprint density at radius 1 is 1.53 bits per heavy atom. The fraction of sp³-hybridized carbons (Fsp3) is 0.364. The third kappa shape index (κ3) is 4.32. The molecule has 1 atom stereocenters. The monoisotopic (exact) mass is 227 g/mol. The molecule has 1 aromatic carbocycles. The van der Waals surface area contributed by atoms with Crippen LogP contribution in [-0.4, -0.2) is 23.7 Å². The Labute approximate surface area is 94.1 Å². The van der Waals surface area contributed by atoms with E-state index in [0.717, 1.165) is 5.56 Å². The van der Waals surface area contributed by atoms with Gasteiger partial charge in [0.05, 0.1) is 12.5 Å². The van der Waals surface area contributed by atoms with Gasteiger partial charge in [0, 0.05) is 11.6 Å². The molecule has 3 nitrogen and oxygen atoms in total. The number of halogens is 1. The van der Waals surface area contributed by atoms with Crippen molar-refractivity contribution in [3.05, 3.63) is 34.9 Å². The van der Waals surface area contributed by atoms with Gasteiger partial charge in [-0.2, -0.15) is 0 Å². The summed E-state index contributed by atoms with van der Waals surface area (Å²) in [6.07, 6.45) is -0.285. The molecule has 15 heavy (non-hydrogen) atoms. The molecule has 4 heteroatoms. The van der Waals surface area contributed by atoms with E-state index in [4.69, 9.17) is 16.7 Å². The Kier molecular flexibility index (Phi) is 4.59. The number of aliphatic hydroxyl groups excluding tert-OH is 1. The first kappa shape index (κ1) is 12.0. The number of hydrogen-bond acceptors (Lipinski definition) is 2. The van der Waals surface area contributed by atoms with Crippen LogP contribution in [0.1, 0.15) is 12.5 Å². The number of amides is 1. The summed E-state index contributed by atoms with van der Waals surface area (Å²) in [5.41, 5.74) is 0.794. The predicted molar refractivity (Wildman–Crippen MR) is 59.8 cm³/mol. The van der Waals surface area contributed by atoms with Crippen LogP contribution in [0.3, 0.4) is 0 Å². The Morgan fingerprint density at radius 3 is 2.80 bits per heavy atom. The molecule has 2 N–H and O–H groups in total. The van der Waals surface area contributed by atoms with Gasteiger partial charge in [0.15, 0.2) is 0 Å². The summed E-state index contributed by atoms with van der Waals surface area (Å²) < 4.78 is 0. The van der Waals surface area contributed by atoms with Crippen LogP contribution in [0.5, 0.6) is 0 Å². The van der Waals surface area contributed by atoms with Crippen molar-refractivity contribution in [2.75, 3.05) is 6.54 Å². The molecule has 0 aliphatic carbocycles. The highest BCUT2D eigenvalue weighted by Crippen LogP contribution is 2.14. The highest BCUT2D eigenvalue weighted by atomic mass is 35.5. The van der Waals surface area contributed by atoms with Crippen molar-refractivity contribution in [1.29, 1.82) is 0 Å². The van der Waals surface area contributed by atoms with Crippen molar-refractivity contribution < 1.29 is 9.90 Å². The summed E-state index contributed by atoms with van der Waals surface area (Å²) in [5, 5.41) is 12.2. The molecule has 1 rings (SSSR count). The van der Waals surface area contributed by atoms with Crippen molar-refractivity contribution in [3.8, 4) is 0 Å². The number of hydrogen-bond donors (Lipinski definition) is 2. The highest BCUT2D eigenvalue weighted by Gasteiger charge is 2.06. The van der Waals surface area contributed by atoms with Crippen LogP contribution in [-0.2, 0) is 11.2 Å². The number of benzene rings is 1. The average molecular weight is 228 g/mol. The maximum Gasteiger partial charge on any atom is 0.224 e. The summed E-state index contributed by atoms with van der Waals surface area (Å²) in [4.78, 5) is 11.4. The van der Waals surface area contributed by atoms with E-state index >= 15 is 0 Å². The molecular formula is C11H14ClNO2. The zero-order chi connectivity index (χ0) is 11.3. The van der Waals surface area contributed by atoms with Crippen molar-refractivity contribution in [1.82, 2.24) is 5.32 Å². The Morgan fingerprint density at radius 2 is 2.20 bits per heavy atom. The summed E-state index contributed by atoms with van der Waals surface area (Å²) in [6.45, 7) is 1.89. The van der Waals surface area contributed by atoms with Gasteiger partial charge in [-0.25, -0.2) is 0 Å². The predicted octanol–water partition coefficient (Wildman–Crippen LogP) is 1.38. The first-order valence-corrected chi connectivity index (χ1v) is 5.15. The van der Waals surface area contributed by atoms with Crippen LogP contribution in [0.4, 0.5) is 0 Å². The minimum absolute atomic E-state index is 0.135. The lowest BCUT2D eigenvalue weighted by Crippen LogP contribution is -2.31. The minimum Gasteiger partial charge on any atom is -0.392 e. The van der Waals surface area contributed by atoms with E-state index in [1.165, 1.54) is 0 Å². The van der Waals surface area contributed by atoms with Crippen LogP contribution in [0.25, 0.3) is 0 Å². The van der Waals surface area contributed by atoms with Crippen molar-refractivity contribution >= 4 is 17.5 Å². The number of carbonyl (C=O) groups excluding carboxylic acids is 1. The first-order valence-electron chi connectivity index (χ1n) is 4.77. The second-order valence-electron chi connectivity index (χ2n) is 3.42. The van der Waals surface area contributed by atoms with Crippen molar-refractivity contribution in [2.24, 2.45) is 0 Å². The second-order valence-corrected chi connectivity index (χ2v) is 3.83. The van der Waals surface area contributed by atoms with Crippen LogP contribution >= 0.6 is 11.6 Å². The van der Waals surface area contributed by atoms with Crippen molar-refractivity contribution in [3.63, 3.8) is 0 Å². The molecule has 0 spiro atoms. The molecule has 0 saturated carbocycles.